The molecule has 1 unspecified atom stereocenters. The van der Waals surface area contributed by atoms with Gasteiger partial charge < -0.3 is 11.5 Å². The zero-order valence-electron chi connectivity index (χ0n) is 9.05. The molecule has 0 fully saturated rings. The predicted molar refractivity (Wildman–Crippen MR) is 67.5 cm³/mol. The first-order chi connectivity index (χ1) is 8.15. The van der Waals surface area contributed by atoms with E-state index in [1.54, 1.807) is 30.4 Å². The van der Waals surface area contributed by atoms with Crippen LogP contribution in [-0.2, 0) is 0 Å². The van der Waals surface area contributed by atoms with E-state index in [2.05, 4.69) is 4.98 Å². The van der Waals surface area contributed by atoms with Crippen molar-refractivity contribution < 1.29 is 4.79 Å². The van der Waals surface area contributed by atoms with Gasteiger partial charge in [0.15, 0.2) is 5.78 Å². The maximum absolute atomic E-state index is 11.9. The maximum atomic E-state index is 11.9. The molecule has 1 aromatic heterocycles. The SMILES string of the molecule is Nc1ccc2nc3c(cc2c1)C(=O)C(N)C=C3. The Labute approximate surface area is 97.9 Å². The number of carbonyl (C=O) groups excluding carboxylic acids is 1. The third-order valence-electron chi connectivity index (χ3n) is 2.90. The highest BCUT2D eigenvalue weighted by atomic mass is 16.1. The zero-order valence-corrected chi connectivity index (χ0v) is 9.05. The molecule has 0 amide bonds. The van der Waals surface area contributed by atoms with Gasteiger partial charge in [-0.15, -0.1) is 0 Å². The molecule has 0 spiro atoms. The summed E-state index contributed by atoms with van der Waals surface area (Å²) in [6.07, 6.45) is 3.46. The van der Waals surface area contributed by atoms with Crippen LogP contribution in [0, 0.1) is 0 Å². The molecular formula is C13H11N3O. The van der Waals surface area contributed by atoms with Gasteiger partial charge in [-0.3, -0.25) is 4.79 Å². The van der Waals surface area contributed by atoms with Gasteiger partial charge in [-0.25, -0.2) is 4.98 Å². The van der Waals surface area contributed by atoms with Crippen molar-refractivity contribution in [1.29, 1.82) is 0 Å². The molecule has 0 radical (unpaired) electrons. The average Bonchev–Trinajstić information content (AvgIpc) is 2.32. The van der Waals surface area contributed by atoms with Crippen molar-refractivity contribution in [3.05, 3.63) is 41.6 Å². The fourth-order valence-corrected chi connectivity index (χ4v) is 2.00. The number of anilines is 1. The zero-order chi connectivity index (χ0) is 12.0. The molecule has 1 aromatic carbocycles. The Balaban J connectivity index is 2.32. The number of nitrogens with zero attached hydrogens (tertiary/aromatic N) is 1. The standard InChI is InChI=1S/C13H11N3O/c14-8-1-3-11-7(5-8)6-9-12(16-11)4-2-10(15)13(9)17/h1-6,10H,14-15H2. The summed E-state index contributed by atoms with van der Waals surface area (Å²) in [5.74, 6) is -0.0978. The highest BCUT2D eigenvalue weighted by molar-refractivity contribution is 6.08. The van der Waals surface area contributed by atoms with Crippen LogP contribution in [0.4, 0.5) is 5.69 Å². The second-order valence-electron chi connectivity index (χ2n) is 4.12. The smallest absolute Gasteiger partial charge is 0.185 e. The van der Waals surface area contributed by atoms with Gasteiger partial charge in [0.05, 0.1) is 17.3 Å². The number of benzene rings is 1. The Morgan fingerprint density at radius 1 is 1.24 bits per heavy atom. The Bertz CT molecular complexity index is 661. The number of carbonyl (C=O) groups is 1. The number of fused-ring (bicyclic) bond motifs is 2. The molecule has 4 heteroatoms. The van der Waals surface area contributed by atoms with Crippen LogP contribution < -0.4 is 11.5 Å². The van der Waals surface area contributed by atoms with E-state index in [0.717, 1.165) is 10.9 Å². The number of nitrogens with two attached hydrogens (primary N) is 2. The molecular weight excluding hydrogens is 214 g/mol. The largest absolute Gasteiger partial charge is 0.399 e. The van der Waals surface area contributed by atoms with E-state index in [0.29, 0.717) is 16.9 Å². The minimum absolute atomic E-state index is 0.0978. The van der Waals surface area contributed by atoms with Gasteiger partial charge >= 0.3 is 0 Å². The van der Waals surface area contributed by atoms with Gasteiger partial charge in [0.25, 0.3) is 0 Å². The molecule has 17 heavy (non-hydrogen) atoms. The lowest BCUT2D eigenvalue weighted by atomic mass is 9.95. The Hall–Kier alpha value is -2.20. The fourth-order valence-electron chi connectivity index (χ4n) is 2.00. The molecule has 0 saturated heterocycles. The van der Waals surface area contributed by atoms with E-state index in [4.69, 9.17) is 11.5 Å². The van der Waals surface area contributed by atoms with Crippen molar-refractivity contribution in [2.75, 3.05) is 5.73 Å². The van der Waals surface area contributed by atoms with E-state index < -0.39 is 6.04 Å². The van der Waals surface area contributed by atoms with Crippen LogP contribution in [0.5, 0.6) is 0 Å². The van der Waals surface area contributed by atoms with Gasteiger partial charge in [0.1, 0.15) is 0 Å². The second-order valence-corrected chi connectivity index (χ2v) is 4.12. The van der Waals surface area contributed by atoms with Crippen molar-refractivity contribution in [3.63, 3.8) is 0 Å². The average molecular weight is 225 g/mol. The van der Waals surface area contributed by atoms with Crippen LogP contribution in [-0.4, -0.2) is 16.8 Å². The van der Waals surface area contributed by atoms with Crippen molar-refractivity contribution in [1.82, 2.24) is 4.98 Å². The normalized spacial score (nSPS) is 18.4. The van der Waals surface area contributed by atoms with E-state index in [-0.39, 0.29) is 5.78 Å². The highest BCUT2D eigenvalue weighted by Crippen LogP contribution is 2.23. The number of ketones is 1. The van der Waals surface area contributed by atoms with Crippen molar-refractivity contribution >= 4 is 28.4 Å². The first-order valence-corrected chi connectivity index (χ1v) is 5.33. The fraction of sp³-hybridized carbons (Fsp3) is 0.0769. The summed E-state index contributed by atoms with van der Waals surface area (Å²) in [4.78, 5) is 16.3. The molecule has 1 aliphatic carbocycles. The Morgan fingerprint density at radius 2 is 2.06 bits per heavy atom. The predicted octanol–water partition coefficient (Wildman–Crippen LogP) is 1.35. The van der Waals surface area contributed by atoms with Crippen LogP contribution in [0.3, 0.4) is 0 Å². The van der Waals surface area contributed by atoms with Crippen LogP contribution in [0.1, 0.15) is 16.1 Å². The lowest BCUT2D eigenvalue weighted by molar-refractivity contribution is 0.0976. The minimum Gasteiger partial charge on any atom is -0.399 e. The summed E-state index contributed by atoms with van der Waals surface area (Å²) in [6, 6.07) is 6.68. The van der Waals surface area contributed by atoms with Crippen LogP contribution >= 0.6 is 0 Å². The van der Waals surface area contributed by atoms with Crippen molar-refractivity contribution in [3.8, 4) is 0 Å². The van der Waals surface area contributed by atoms with Gasteiger partial charge in [-0.1, -0.05) is 6.08 Å². The van der Waals surface area contributed by atoms with Gasteiger partial charge in [0.2, 0.25) is 0 Å². The monoisotopic (exact) mass is 225 g/mol. The van der Waals surface area contributed by atoms with Crippen LogP contribution in [0.15, 0.2) is 30.3 Å². The highest BCUT2D eigenvalue weighted by Gasteiger charge is 2.21. The summed E-state index contributed by atoms with van der Waals surface area (Å²) in [5, 5.41) is 0.861. The summed E-state index contributed by atoms with van der Waals surface area (Å²) in [5.41, 5.74) is 14.1. The molecule has 0 aliphatic heterocycles. The van der Waals surface area contributed by atoms with E-state index in [1.807, 2.05) is 6.07 Å². The molecule has 4 N–H and O–H groups in total. The lowest BCUT2D eigenvalue weighted by Gasteiger charge is -2.14. The summed E-state index contributed by atoms with van der Waals surface area (Å²) in [7, 11) is 0. The van der Waals surface area contributed by atoms with Crippen molar-refractivity contribution in [2.45, 2.75) is 6.04 Å². The van der Waals surface area contributed by atoms with E-state index in [1.165, 1.54) is 0 Å². The second kappa shape index (κ2) is 3.40. The molecule has 1 aliphatic rings. The molecule has 0 bridgehead atoms. The number of nitrogen functional groups attached to an aromatic ring is 1. The molecule has 1 atom stereocenters. The lowest BCUT2D eigenvalue weighted by Crippen LogP contribution is -2.31. The van der Waals surface area contributed by atoms with Crippen molar-refractivity contribution in [2.24, 2.45) is 5.73 Å². The molecule has 2 aromatic rings. The quantitative estimate of drug-likeness (QED) is 0.663. The van der Waals surface area contributed by atoms with Gasteiger partial charge in [-0.05, 0) is 30.3 Å². The van der Waals surface area contributed by atoms with Gasteiger partial charge in [0, 0.05) is 16.6 Å². The topological polar surface area (TPSA) is 82.0 Å². The number of hydrogen-bond donors (Lipinski definition) is 2. The Morgan fingerprint density at radius 3 is 2.88 bits per heavy atom. The van der Waals surface area contributed by atoms with E-state index in [9.17, 15) is 4.79 Å². The number of aromatic nitrogens is 1. The molecule has 4 nitrogen and oxygen atoms in total. The first kappa shape index (κ1) is 9.99. The number of pyridine rings is 1. The molecule has 0 saturated carbocycles. The van der Waals surface area contributed by atoms with Gasteiger partial charge in [-0.2, -0.15) is 0 Å². The molecule has 1 heterocycles. The van der Waals surface area contributed by atoms with E-state index >= 15 is 0 Å². The van der Waals surface area contributed by atoms with Crippen LogP contribution in [0.2, 0.25) is 0 Å². The first-order valence-electron chi connectivity index (χ1n) is 5.33. The summed E-state index contributed by atoms with van der Waals surface area (Å²) >= 11 is 0. The summed E-state index contributed by atoms with van der Waals surface area (Å²) in [6.45, 7) is 0. The van der Waals surface area contributed by atoms with Crippen LogP contribution in [0.25, 0.3) is 17.0 Å². The number of rotatable bonds is 0. The Kier molecular flexibility index (Phi) is 2.00. The third kappa shape index (κ3) is 1.50. The maximum Gasteiger partial charge on any atom is 0.185 e. The number of Topliss-reactive ketones (excluding diaryl/α,β-unsaturated/α-hetero) is 1. The minimum atomic E-state index is -0.567. The molecule has 84 valence electrons. The molecule has 3 rings (SSSR count). The number of hydrogen-bond acceptors (Lipinski definition) is 4. The third-order valence-corrected chi connectivity index (χ3v) is 2.90. The summed E-state index contributed by atoms with van der Waals surface area (Å²) < 4.78 is 0.